The fourth-order valence-electron chi connectivity index (χ4n) is 4.03. The summed E-state index contributed by atoms with van der Waals surface area (Å²) in [7, 11) is -3.19. The van der Waals surface area contributed by atoms with E-state index in [0.29, 0.717) is 19.0 Å². The molecule has 1 spiro atoms. The normalized spacial score (nSPS) is 20.5. The number of nitrogens with one attached hydrogen (secondary N) is 3. The molecule has 9 heteroatoms. The van der Waals surface area contributed by atoms with Gasteiger partial charge in [-0.05, 0) is 45.6 Å². The van der Waals surface area contributed by atoms with Gasteiger partial charge in [0.2, 0.25) is 10.0 Å². The highest BCUT2D eigenvalue weighted by atomic mass is 127. The first-order chi connectivity index (χ1) is 13.5. The van der Waals surface area contributed by atoms with E-state index in [1.165, 1.54) is 12.8 Å². The zero-order valence-electron chi connectivity index (χ0n) is 17.2. The summed E-state index contributed by atoms with van der Waals surface area (Å²) < 4.78 is 32.1. The Kier molecular flexibility index (Phi) is 9.02. The largest absolute Gasteiger partial charge is 0.487 e. The van der Waals surface area contributed by atoms with Crippen molar-refractivity contribution < 1.29 is 13.2 Å². The van der Waals surface area contributed by atoms with Crippen molar-refractivity contribution in [3.63, 3.8) is 0 Å². The number of sulfonamides is 1. The van der Waals surface area contributed by atoms with Crippen LogP contribution in [0.1, 0.15) is 57.6 Å². The predicted molar refractivity (Wildman–Crippen MR) is 128 cm³/mol. The molecule has 3 N–H and O–H groups in total. The maximum Gasteiger partial charge on any atom is 0.211 e. The van der Waals surface area contributed by atoms with Crippen molar-refractivity contribution in [2.75, 3.05) is 25.4 Å². The van der Waals surface area contributed by atoms with Gasteiger partial charge in [-0.25, -0.2) is 13.1 Å². The number of hydrogen-bond acceptors (Lipinski definition) is 4. The van der Waals surface area contributed by atoms with E-state index in [0.717, 1.165) is 37.1 Å². The second-order valence-corrected chi connectivity index (χ2v) is 9.58. The van der Waals surface area contributed by atoms with Gasteiger partial charge in [0.25, 0.3) is 0 Å². The Morgan fingerprint density at radius 2 is 1.97 bits per heavy atom. The van der Waals surface area contributed by atoms with Crippen LogP contribution in [0, 0.1) is 0 Å². The highest BCUT2D eigenvalue weighted by molar-refractivity contribution is 14.0. The number of rotatable bonds is 7. The lowest BCUT2D eigenvalue weighted by atomic mass is 9.86. The van der Waals surface area contributed by atoms with E-state index in [9.17, 15) is 8.42 Å². The number of aliphatic imine (C=N–C) groups is 1. The molecule has 164 valence electrons. The first-order valence-electron chi connectivity index (χ1n) is 10.3. The zero-order valence-corrected chi connectivity index (χ0v) is 20.4. The van der Waals surface area contributed by atoms with Crippen LogP contribution in [-0.4, -0.2) is 45.4 Å². The first-order valence-corrected chi connectivity index (χ1v) is 11.9. The molecule has 0 bridgehead atoms. The smallest absolute Gasteiger partial charge is 0.211 e. The number of benzene rings is 1. The molecule has 3 rings (SSSR count). The average molecular weight is 536 g/mol. The molecule has 0 amide bonds. The van der Waals surface area contributed by atoms with Gasteiger partial charge in [-0.15, -0.1) is 24.0 Å². The van der Waals surface area contributed by atoms with Crippen molar-refractivity contribution in [1.82, 2.24) is 15.4 Å². The van der Waals surface area contributed by atoms with E-state index < -0.39 is 10.0 Å². The molecule has 1 aliphatic carbocycles. The summed E-state index contributed by atoms with van der Waals surface area (Å²) in [6.07, 6.45) is 5.51. The van der Waals surface area contributed by atoms with Crippen molar-refractivity contribution in [3.8, 4) is 5.75 Å². The third kappa shape index (κ3) is 6.45. The highest BCUT2D eigenvalue weighted by Crippen LogP contribution is 2.46. The number of guanidine groups is 1. The molecule has 0 aromatic heterocycles. The van der Waals surface area contributed by atoms with Crippen molar-refractivity contribution in [3.05, 3.63) is 29.8 Å². The molecule has 1 fully saturated rings. The monoisotopic (exact) mass is 536 g/mol. The van der Waals surface area contributed by atoms with Gasteiger partial charge in [0.15, 0.2) is 5.96 Å². The molecule has 1 aromatic carbocycles. The van der Waals surface area contributed by atoms with E-state index >= 15 is 0 Å². The number of para-hydroxylation sites is 1. The minimum absolute atomic E-state index is 0. The lowest BCUT2D eigenvalue weighted by Gasteiger charge is -2.40. The molecule has 1 aromatic rings. The van der Waals surface area contributed by atoms with Gasteiger partial charge < -0.3 is 15.4 Å². The van der Waals surface area contributed by atoms with E-state index in [2.05, 4.69) is 26.4 Å². The van der Waals surface area contributed by atoms with Gasteiger partial charge >= 0.3 is 0 Å². The second-order valence-electron chi connectivity index (χ2n) is 7.49. The molecule has 1 aliphatic heterocycles. The summed E-state index contributed by atoms with van der Waals surface area (Å²) in [5, 5.41) is 6.83. The average Bonchev–Trinajstić information content (AvgIpc) is 3.12. The van der Waals surface area contributed by atoms with Gasteiger partial charge in [-0.2, -0.15) is 0 Å². The van der Waals surface area contributed by atoms with Gasteiger partial charge in [-0.1, -0.05) is 18.2 Å². The van der Waals surface area contributed by atoms with Crippen molar-refractivity contribution in [2.24, 2.45) is 4.99 Å². The summed E-state index contributed by atoms with van der Waals surface area (Å²) in [5.41, 5.74) is 1.07. The lowest BCUT2D eigenvalue weighted by molar-refractivity contribution is 0.0396. The van der Waals surface area contributed by atoms with Gasteiger partial charge in [0.05, 0.1) is 18.3 Å². The molecule has 0 saturated heterocycles. The molecule has 7 nitrogen and oxygen atoms in total. The van der Waals surface area contributed by atoms with Gasteiger partial charge in [-0.3, -0.25) is 4.99 Å². The quantitative estimate of drug-likeness (QED) is 0.216. The maximum atomic E-state index is 11.6. The zero-order chi connectivity index (χ0) is 20.0. The summed E-state index contributed by atoms with van der Waals surface area (Å²) in [6, 6.07) is 8.32. The molecule has 0 radical (unpaired) electrons. The van der Waals surface area contributed by atoms with Crippen LogP contribution in [0.25, 0.3) is 0 Å². The Labute approximate surface area is 191 Å². The van der Waals surface area contributed by atoms with E-state index in [1.54, 1.807) is 6.92 Å². The Bertz CT molecular complexity index is 795. The van der Waals surface area contributed by atoms with E-state index in [4.69, 9.17) is 4.74 Å². The van der Waals surface area contributed by atoms with Crippen molar-refractivity contribution in [2.45, 2.75) is 57.6 Å². The third-order valence-electron chi connectivity index (χ3n) is 5.45. The van der Waals surface area contributed by atoms with Crippen LogP contribution in [-0.2, 0) is 10.0 Å². The van der Waals surface area contributed by atoms with Crippen molar-refractivity contribution in [1.29, 1.82) is 0 Å². The summed E-state index contributed by atoms with van der Waals surface area (Å²) >= 11 is 0. The number of hydrogen-bond donors (Lipinski definition) is 3. The van der Waals surface area contributed by atoms with Crippen LogP contribution in [0.15, 0.2) is 29.3 Å². The molecular weight excluding hydrogens is 503 g/mol. The fraction of sp³-hybridized carbons (Fsp3) is 0.650. The minimum Gasteiger partial charge on any atom is -0.487 e. The first kappa shape index (κ1) is 24.2. The molecule has 2 aliphatic rings. The predicted octanol–water partition coefficient (Wildman–Crippen LogP) is 2.94. The topological polar surface area (TPSA) is 91.8 Å². The number of ether oxygens (including phenoxy) is 1. The van der Waals surface area contributed by atoms with Crippen LogP contribution < -0.4 is 20.1 Å². The summed E-state index contributed by atoms with van der Waals surface area (Å²) in [5.74, 6) is 1.74. The van der Waals surface area contributed by atoms with Crippen LogP contribution >= 0.6 is 24.0 Å². The second kappa shape index (κ2) is 10.8. The molecule has 29 heavy (non-hydrogen) atoms. The molecule has 1 saturated carbocycles. The van der Waals surface area contributed by atoms with Crippen LogP contribution in [0.5, 0.6) is 5.75 Å². The van der Waals surface area contributed by atoms with Gasteiger partial charge in [0.1, 0.15) is 11.4 Å². The Morgan fingerprint density at radius 3 is 2.66 bits per heavy atom. The van der Waals surface area contributed by atoms with Crippen LogP contribution in [0.3, 0.4) is 0 Å². The number of nitrogens with zero attached hydrogens (tertiary/aromatic N) is 1. The maximum absolute atomic E-state index is 11.6. The Morgan fingerprint density at radius 1 is 1.24 bits per heavy atom. The van der Waals surface area contributed by atoms with Crippen LogP contribution in [0.2, 0.25) is 0 Å². The van der Waals surface area contributed by atoms with Crippen molar-refractivity contribution >= 4 is 40.0 Å². The van der Waals surface area contributed by atoms with E-state index in [-0.39, 0.29) is 41.4 Å². The SMILES string of the molecule is CCNC(=NCCNS(=O)(=O)CC)NC1CC2(CCCC2)Oc2ccccc21.I. The van der Waals surface area contributed by atoms with Gasteiger partial charge in [0, 0.05) is 25.1 Å². The fourth-order valence-corrected chi connectivity index (χ4v) is 4.63. The number of fused-ring (bicyclic) bond motifs is 1. The third-order valence-corrected chi connectivity index (χ3v) is 6.85. The Balaban J connectivity index is 0.00000300. The molecule has 1 unspecified atom stereocenters. The van der Waals surface area contributed by atoms with E-state index in [1.807, 2.05) is 25.1 Å². The summed E-state index contributed by atoms with van der Waals surface area (Å²) in [4.78, 5) is 4.56. The minimum atomic E-state index is -3.19. The van der Waals surface area contributed by atoms with Crippen LogP contribution in [0.4, 0.5) is 0 Å². The lowest BCUT2D eigenvalue weighted by Crippen LogP contribution is -2.46. The number of halogens is 1. The summed E-state index contributed by atoms with van der Waals surface area (Å²) in [6.45, 7) is 5.06. The highest BCUT2D eigenvalue weighted by Gasteiger charge is 2.43. The molecule has 1 atom stereocenters. The Hall–Kier alpha value is -1.07. The molecule has 1 heterocycles. The standard InChI is InChI=1S/C20H32N4O3S.HI/c1-3-21-19(22-13-14-23-28(25,26)4-2)24-17-15-20(11-7-8-12-20)27-18-10-6-5-9-16(17)18;/h5-6,9-10,17,23H,3-4,7-8,11-15H2,1-2H3,(H2,21,22,24);1H. The molecular formula is C20H33IN4O3S.